The van der Waals surface area contributed by atoms with E-state index in [0.717, 1.165) is 64.2 Å². The minimum absolute atomic E-state index is 0.200. The largest absolute Gasteiger partial charge is 0.469 e. The van der Waals surface area contributed by atoms with Crippen LogP contribution in [0.3, 0.4) is 0 Å². The first-order valence-corrected chi connectivity index (χ1v) is 21.1. The van der Waals surface area contributed by atoms with Crippen LogP contribution < -0.4 is 0 Å². The SMILES string of the molecule is CCC/C=C/C/C=C/C/C=C/C/C=C/CCCCCC(=O)OC[C@H](COP(=O)(O)O)OC(=O)CCCCCCCCCCC/C=C/CCCC. The zero-order valence-electron chi connectivity index (χ0n) is 31.5. The van der Waals surface area contributed by atoms with Crippen molar-refractivity contribution >= 4 is 19.8 Å². The van der Waals surface area contributed by atoms with E-state index in [0.29, 0.717) is 12.8 Å². The van der Waals surface area contributed by atoms with Crippen molar-refractivity contribution in [3.63, 3.8) is 0 Å². The summed E-state index contributed by atoms with van der Waals surface area (Å²) in [5, 5.41) is 0. The quantitative estimate of drug-likeness (QED) is 0.0287. The molecule has 0 bridgehead atoms. The second-order valence-corrected chi connectivity index (χ2v) is 14.1. The predicted octanol–water partition coefficient (Wildman–Crippen LogP) is 11.7. The maximum Gasteiger partial charge on any atom is 0.469 e. The summed E-state index contributed by atoms with van der Waals surface area (Å²) in [6.45, 7) is 3.55. The van der Waals surface area contributed by atoms with Crippen LogP contribution in [0, 0.1) is 0 Å². The molecule has 0 heterocycles. The molecule has 0 amide bonds. The monoisotopic (exact) mass is 722 g/mol. The van der Waals surface area contributed by atoms with Gasteiger partial charge in [-0.15, -0.1) is 0 Å². The molecule has 0 aliphatic rings. The number of ether oxygens (including phenoxy) is 2. The van der Waals surface area contributed by atoms with Gasteiger partial charge in [-0.05, 0) is 70.6 Å². The third kappa shape index (κ3) is 38.6. The van der Waals surface area contributed by atoms with Crippen LogP contribution in [0.2, 0.25) is 0 Å². The molecule has 0 rings (SSSR count). The van der Waals surface area contributed by atoms with Crippen LogP contribution in [-0.2, 0) is 28.2 Å². The maximum atomic E-state index is 12.4. The Balaban J connectivity index is 4.02. The van der Waals surface area contributed by atoms with Gasteiger partial charge in [-0.1, -0.05) is 145 Å². The van der Waals surface area contributed by atoms with Crippen LogP contribution in [0.15, 0.2) is 60.8 Å². The van der Waals surface area contributed by atoms with Crippen molar-refractivity contribution in [3.05, 3.63) is 60.8 Å². The van der Waals surface area contributed by atoms with Crippen molar-refractivity contribution in [3.8, 4) is 0 Å². The van der Waals surface area contributed by atoms with Crippen molar-refractivity contribution in [1.29, 1.82) is 0 Å². The molecule has 9 heteroatoms. The molecule has 0 spiro atoms. The second kappa shape index (κ2) is 36.5. The van der Waals surface area contributed by atoms with Gasteiger partial charge in [0, 0.05) is 12.8 Å². The van der Waals surface area contributed by atoms with Gasteiger partial charge < -0.3 is 19.3 Å². The summed E-state index contributed by atoms with van der Waals surface area (Å²) in [6, 6.07) is 0. The number of rotatable bonds is 35. The van der Waals surface area contributed by atoms with E-state index in [-0.39, 0.29) is 19.4 Å². The zero-order valence-corrected chi connectivity index (χ0v) is 32.4. The van der Waals surface area contributed by atoms with Gasteiger partial charge in [-0.2, -0.15) is 0 Å². The Morgan fingerprint density at radius 3 is 1.46 bits per heavy atom. The van der Waals surface area contributed by atoms with Gasteiger partial charge in [0.1, 0.15) is 6.61 Å². The van der Waals surface area contributed by atoms with E-state index < -0.39 is 32.5 Å². The van der Waals surface area contributed by atoms with Gasteiger partial charge >= 0.3 is 19.8 Å². The highest BCUT2D eigenvalue weighted by Gasteiger charge is 2.22. The van der Waals surface area contributed by atoms with Crippen LogP contribution in [0.5, 0.6) is 0 Å². The van der Waals surface area contributed by atoms with Gasteiger partial charge in [-0.3, -0.25) is 14.1 Å². The van der Waals surface area contributed by atoms with E-state index in [2.05, 4.69) is 79.1 Å². The Bertz CT molecular complexity index is 995. The highest BCUT2D eigenvalue weighted by Crippen LogP contribution is 2.36. The molecule has 0 unspecified atom stereocenters. The summed E-state index contributed by atoms with van der Waals surface area (Å²) in [7, 11) is -4.76. The second-order valence-electron chi connectivity index (χ2n) is 12.9. The topological polar surface area (TPSA) is 119 Å². The standard InChI is InChI=1S/C41H71O8P/c1-3-5-7-9-11-13-15-17-19-20-22-23-25-27-29-31-33-35-40(42)47-37-39(38-48-50(44,45)46)49-41(43)36-34-32-30-28-26-24-21-18-16-14-12-10-8-6-4-2/h7,9-10,12-13,15,19-20,23,25,39H,3-6,8,11,14,16-18,21-22,24,26-38H2,1-2H3,(H2,44,45,46)/b9-7+,12-10+,15-13+,20-19+,25-23+/t39-/m1/s1. The summed E-state index contributed by atoms with van der Waals surface area (Å²) in [5.41, 5.74) is 0. The molecular formula is C41H71O8P. The molecule has 0 aliphatic carbocycles. The molecule has 0 saturated carbocycles. The van der Waals surface area contributed by atoms with Gasteiger partial charge in [0.25, 0.3) is 0 Å². The van der Waals surface area contributed by atoms with E-state index >= 15 is 0 Å². The highest BCUT2D eigenvalue weighted by molar-refractivity contribution is 7.46. The van der Waals surface area contributed by atoms with Crippen molar-refractivity contribution < 1.29 is 37.9 Å². The molecule has 2 N–H and O–H groups in total. The summed E-state index contributed by atoms with van der Waals surface area (Å²) < 4.78 is 26.3. The molecule has 288 valence electrons. The first-order chi connectivity index (χ1) is 24.3. The lowest BCUT2D eigenvalue weighted by Crippen LogP contribution is -2.29. The molecular weight excluding hydrogens is 651 g/mol. The first-order valence-electron chi connectivity index (χ1n) is 19.6. The molecule has 0 aliphatic heterocycles. The summed E-state index contributed by atoms with van der Waals surface area (Å²) in [4.78, 5) is 42.7. The Kier molecular flexibility index (Phi) is 34.9. The Morgan fingerprint density at radius 1 is 0.520 bits per heavy atom. The lowest BCUT2D eigenvalue weighted by atomic mass is 10.1. The molecule has 0 aromatic rings. The number of phosphoric acid groups is 1. The van der Waals surface area contributed by atoms with Crippen LogP contribution in [0.25, 0.3) is 0 Å². The number of hydrogen-bond donors (Lipinski definition) is 2. The lowest BCUT2D eigenvalue weighted by Gasteiger charge is -2.18. The summed E-state index contributed by atoms with van der Waals surface area (Å²) in [6.07, 6.45) is 45.1. The van der Waals surface area contributed by atoms with Crippen LogP contribution >= 0.6 is 7.82 Å². The Hall–Kier alpha value is -2.25. The van der Waals surface area contributed by atoms with Crippen LogP contribution in [0.1, 0.15) is 168 Å². The van der Waals surface area contributed by atoms with Crippen molar-refractivity contribution in [2.75, 3.05) is 13.2 Å². The number of hydrogen-bond acceptors (Lipinski definition) is 6. The van der Waals surface area contributed by atoms with Crippen molar-refractivity contribution in [2.24, 2.45) is 0 Å². The Labute approximate surface area is 305 Å². The number of allylic oxidation sites excluding steroid dienone is 10. The van der Waals surface area contributed by atoms with E-state index in [1.807, 2.05) is 0 Å². The average molecular weight is 723 g/mol. The van der Waals surface area contributed by atoms with Gasteiger partial charge in [0.15, 0.2) is 6.10 Å². The number of carbonyl (C=O) groups is 2. The molecule has 0 radical (unpaired) electrons. The van der Waals surface area contributed by atoms with Gasteiger partial charge in [0.2, 0.25) is 0 Å². The molecule has 0 aromatic carbocycles. The third-order valence-electron chi connectivity index (χ3n) is 7.99. The van der Waals surface area contributed by atoms with E-state index in [1.54, 1.807) is 0 Å². The third-order valence-corrected chi connectivity index (χ3v) is 8.48. The van der Waals surface area contributed by atoms with E-state index in [4.69, 9.17) is 19.3 Å². The molecule has 0 aromatic heterocycles. The number of esters is 2. The van der Waals surface area contributed by atoms with Crippen molar-refractivity contribution in [1.82, 2.24) is 0 Å². The normalized spacial score (nSPS) is 13.1. The molecule has 1 atom stereocenters. The highest BCUT2D eigenvalue weighted by atomic mass is 31.2. The van der Waals surface area contributed by atoms with Crippen LogP contribution in [0.4, 0.5) is 0 Å². The fourth-order valence-electron chi connectivity index (χ4n) is 5.05. The minimum atomic E-state index is -4.76. The number of phosphoric ester groups is 1. The smallest absolute Gasteiger partial charge is 0.462 e. The zero-order chi connectivity index (χ0) is 36.8. The molecule has 0 saturated heterocycles. The predicted molar refractivity (Wildman–Crippen MR) is 207 cm³/mol. The van der Waals surface area contributed by atoms with Crippen LogP contribution in [-0.4, -0.2) is 41.0 Å². The van der Waals surface area contributed by atoms with Gasteiger partial charge in [-0.25, -0.2) is 4.57 Å². The molecule has 0 fully saturated rings. The average Bonchev–Trinajstić information content (AvgIpc) is 3.08. The fraction of sp³-hybridized carbons (Fsp3) is 0.707. The summed E-state index contributed by atoms with van der Waals surface area (Å²) in [5.74, 6) is -0.927. The minimum Gasteiger partial charge on any atom is -0.462 e. The summed E-state index contributed by atoms with van der Waals surface area (Å²) >= 11 is 0. The van der Waals surface area contributed by atoms with E-state index in [1.165, 1.54) is 64.2 Å². The maximum absolute atomic E-state index is 12.4. The number of unbranched alkanes of at least 4 members (excludes halogenated alkanes) is 15. The van der Waals surface area contributed by atoms with Crippen molar-refractivity contribution in [2.45, 2.75) is 174 Å². The molecule has 8 nitrogen and oxygen atoms in total. The number of carbonyl (C=O) groups excluding carboxylic acids is 2. The Morgan fingerprint density at radius 2 is 0.940 bits per heavy atom. The first kappa shape index (κ1) is 47.8. The lowest BCUT2D eigenvalue weighted by molar-refractivity contribution is -0.161. The molecule has 50 heavy (non-hydrogen) atoms. The fourth-order valence-corrected chi connectivity index (χ4v) is 5.41. The van der Waals surface area contributed by atoms with E-state index in [9.17, 15) is 14.2 Å². The van der Waals surface area contributed by atoms with Gasteiger partial charge in [0.05, 0.1) is 6.61 Å².